The quantitative estimate of drug-likeness (QED) is 0.857. The van der Waals surface area contributed by atoms with Crippen molar-refractivity contribution in [3.63, 3.8) is 0 Å². The van der Waals surface area contributed by atoms with Gasteiger partial charge in [0.1, 0.15) is 5.82 Å². The minimum atomic E-state index is -0.152. The Morgan fingerprint density at radius 1 is 1.11 bits per heavy atom. The van der Waals surface area contributed by atoms with Crippen molar-refractivity contribution in [1.82, 2.24) is 9.97 Å². The van der Waals surface area contributed by atoms with E-state index in [2.05, 4.69) is 9.97 Å². The lowest BCUT2D eigenvalue weighted by Gasteiger charge is -2.21. The van der Waals surface area contributed by atoms with Gasteiger partial charge in [0, 0.05) is 19.1 Å². The predicted molar refractivity (Wildman–Crippen MR) is 70.5 cm³/mol. The maximum absolute atomic E-state index is 12.2. The summed E-state index contributed by atoms with van der Waals surface area (Å²) in [6.45, 7) is 1.39. The predicted octanol–water partition coefficient (Wildman–Crippen LogP) is 2.03. The van der Waals surface area contributed by atoms with E-state index in [4.69, 9.17) is 4.74 Å². The Bertz CT molecular complexity index is 500. The first-order chi connectivity index (χ1) is 9.25. The number of hydrogen-bond acceptors (Lipinski definition) is 4. The zero-order valence-corrected chi connectivity index (χ0v) is 11.0. The Labute approximate surface area is 112 Å². The molecule has 0 radical (unpaired) electrons. The van der Waals surface area contributed by atoms with Gasteiger partial charge < -0.3 is 14.8 Å². The third-order valence-electron chi connectivity index (χ3n) is 4.32. The Hall–Kier alpha value is -1.36. The number of aromatic nitrogens is 2. The molecule has 2 heterocycles. The highest BCUT2D eigenvalue weighted by atomic mass is 16.5. The molecule has 1 aliphatic carbocycles. The molecule has 2 aliphatic rings. The monoisotopic (exact) mass is 264 g/mol. The molecule has 5 heteroatoms. The summed E-state index contributed by atoms with van der Waals surface area (Å²) in [7, 11) is 0. The third kappa shape index (κ3) is 2.52. The van der Waals surface area contributed by atoms with E-state index in [0.29, 0.717) is 24.6 Å². The molecular weight excluding hydrogens is 244 g/mol. The lowest BCUT2D eigenvalue weighted by molar-refractivity contribution is 0.0833. The highest BCUT2D eigenvalue weighted by Crippen LogP contribution is 2.36. The van der Waals surface area contributed by atoms with Gasteiger partial charge in [-0.15, -0.1) is 0 Å². The average molecular weight is 264 g/mol. The molecule has 104 valence electrons. The van der Waals surface area contributed by atoms with Gasteiger partial charge in [-0.3, -0.25) is 4.79 Å². The molecule has 0 spiro atoms. The van der Waals surface area contributed by atoms with Crippen molar-refractivity contribution in [2.45, 2.75) is 50.4 Å². The van der Waals surface area contributed by atoms with Gasteiger partial charge in [-0.25, -0.2) is 0 Å². The van der Waals surface area contributed by atoms with Crippen molar-refractivity contribution < 1.29 is 9.84 Å². The number of hydrogen-bond donors (Lipinski definition) is 2. The zero-order chi connectivity index (χ0) is 13.2. The van der Waals surface area contributed by atoms with Crippen LogP contribution in [0.15, 0.2) is 4.79 Å². The SMILES string of the molecule is O=c1[nH]c(C2CCOCC2)nc(O)c1C1CCCC1. The Morgan fingerprint density at radius 3 is 2.42 bits per heavy atom. The van der Waals surface area contributed by atoms with Crippen molar-refractivity contribution in [3.05, 3.63) is 21.7 Å². The number of ether oxygens (including phenoxy) is 1. The van der Waals surface area contributed by atoms with Crippen LogP contribution < -0.4 is 5.56 Å². The number of nitrogens with zero attached hydrogens (tertiary/aromatic N) is 1. The molecule has 0 unspecified atom stereocenters. The summed E-state index contributed by atoms with van der Waals surface area (Å²) in [4.78, 5) is 19.3. The Kier molecular flexibility index (Phi) is 3.55. The van der Waals surface area contributed by atoms with E-state index in [1.54, 1.807) is 0 Å². The van der Waals surface area contributed by atoms with Gasteiger partial charge in [-0.1, -0.05) is 12.8 Å². The van der Waals surface area contributed by atoms with Gasteiger partial charge >= 0.3 is 0 Å². The van der Waals surface area contributed by atoms with Crippen molar-refractivity contribution in [1.29, 1.82) is 0 Å². The molecule has 0 amide bonds. The lowest BCUT2D eigenvalue weighted by atomic mass is 9.97. The largest absolute Gasteiger partial charge is 0.493 e. The molecule has 19 heavy (non-hydrogen) atoms. The van der Waals surface area contributed by atoms with Crippen molar-refractivity contribution >= 4 is 0 Å². The second-order valence-corrected chi connectivity index (χ2v) is 5.56. The standard InChI is InChI=1S/C14H20N2O3/c17-13-11(9-3-1-2-4-9)14(18)16-12(15-13)10-5-7-19-8-6-10/h9-10H,1-8H2,(H2,15,16,17,18). The molecule has 1 aromatic heterocycles. The third-order valence-corrected chi connectivity index (χ3v) is 4.32. The molecule has 1 aromatic rings. The lowest BCUT2D eigenvalue weighted by Crippen LogP contribution is -2.23. The van der Waals surface area contributed by atoms with Gasteiger partial charge in [0.25, 0.3) is 5.56 Å². The number of rotatable bonds is 2. The van der Waals surface area contributed by atoms with E-state index < -0.39 is 0 Å². The van der Waals surface area contributed by atoms with Crippen LogP contribution in [0.3, 0.4) is 0 Å². The summed E-state index contributed by atoms with van der Waals surface area (Å²) >= 11 is 0. The molecule has 3 rings (SSSR count). The molecular formula is C14H20N2O3. The van der Waals surface area contributed by atoms with Gasteiger partial charge in [0.05, 0.1) is 5.56 Å². The normalized spacial score (nSPS) is 21.9. The molecule has 0 bridgehead atoms. The summed E-state index contributed by atoms with van der Waals surface area (Å²) in [6, 6.07) is 0. The Balaban J connectivity index is 1.90. The van der Waals surface area contributed by atoms with E-state index in [-0.39, 0.29) is 23.3 Å². The Morgan fingerprint density at radius 2 is 1.79 bits per heavy atom. The highest BCUT2D eigenvalue weighted by molar-refractivity contribution is 5.28. The van der Waals surface area contributed by atoms with Crippen LogP contribution >= 0.6 is 0 Å². The van der Waals surface area contributed by atoms with E-state index in [1.165, 1.54) is 0 Å². The molecule has 5 nitrogen and oxygen atoms in total. The summed E-state index contributed by atoms with van der Waals surface area (Å²) in [5.41, 5.74) is 0.342. The minimum absolute atomic E-state index is 0.0582. The van der Waals surface area contributed by atoms with E-state index in [1.807, 2.05) is 0 Å². The molecule has 0 aromatic carbocycles. The van der Waals surface area contributed by atoms with Crippen molar-refractivity contribution in [3.8, 4) is 5.88 Å². The summed E-state index contributed by atoms with van der Waals surface area (Å²) < 4.78 is 5.30. The first-order valence-corrected chi connectivity index (χ1v) is 7.16. The first kappa shape index (κ1) is 12.7. The number of aromatic amines is 1. The smallest absolute Gasteiger partial charge is 0.258 e. The molecule has 1 saturated heterocycles. The maximum atomic E-state index is 12.2. The van der Waals surface area contributed by atoms with Crippen LogP contribution in [0.1, 0.15) is 61.7 Å². The number of aromatic hydroxyl groups is 1. The number of H-pyrrole nitrogens is 1. The molecule has 1 aliphatic heterocycles. The van der Waals surface area contributed by atoms with Gasteiger partial charge in [-0.2, -0.15) is 4.98 Å². The molecule has 2 N–H and O–H groups in total. The zero-order valence-electron chi connectivity index (χ0n) is 11.0. The van der Waals surface area contributed by atoms with Gasteiger partial charge in [-0.05, 0) is 31.6 Å². The average Bonchev–Trinajstić information content (AvgIpc) is 2.93. The minimum Gasteiger partial charge on any atom is -0.493 e. The van der Waals surface area contributed by atoms with Crippen LogP contribution in [0, 0.1) is 0 Å². The second kappa shape index (κ2) is 5.33. The second-order valence-electron chi connectivity index (χ2n) is 5.56. The van der Waals surface area contributed by atoms with Gasteiger partial charge in [0.15, 0.2) is 0 Å². The first-order valence-electron chi connectivity index (χ1n) is 7.16. The van der Waals surface area contributed by atoms with Crippen LogP contribution in [0.4, 0.5) is 0 Å². The molecule has 0 atom stereocenters. The van der Waals surface area contributed by atoms with Crippen LogP contribution in [0.2, 0.25) is 0 Å². The van der Waals surface area contributed by atoms with Crippen LogP contribution in [0.25, 0.3) is 0 Å². The summed E-state index contributed by atoms with van der Waals surface area (Å²) in [5, 5.41) is 10.1. The van der Waals surface area contributed by atoms with E-state index in [9.17, 15) is 9.90 Å². The fraction of sp³-hybridized carbons (Fsp3) is 0.714. The summed E-state index contributed by atoms with van der Waals surface area (Å²) in [5.74, 6) is 0.939. The maximum Gasteiger partial charge on any atom is 0.258 e. The van der Waals surface area contributed by atoms with Crippen LogP contribution in [-0.4, -0.2) is 28.3 Å². The fourth-order valence-electron chi connectivity index (χ4n) is 3.23. The van der Waals surface area contributed by atoms with E-state index in [0.717, 1.165) is 38.5 Å². The van der Waals surface area contributed by atoms with Crippen molar-refractivity contribution in [2.75, 3.05) is 13.2 Å². The topological polar surface area (TPSA) is 75.2 Å². The fourth-order valence-corrected chi connectivity index (χ4v) is 3.23. The molecule has 1 saturated carbocycles. The van der Waals surface area contributed by atoms with Crippen LogP contribution in [0.5, 0.6) is 5.88 Å². The van der Waals surface area contributed by atoms with Crippen molar-refractivity contribution in [2.24, 2.45) is 0 Å². The molecule has 2 fully saturated rings. The summed E-state index contributed by atoms with van der Waals surface area (Å²) in [6.07, 6.45) is 5.93. The van der Waals surface area contributed by atoms with E-state index >= 15 is 0 Å². The number of nitrogens with one attached hydrogen (secondary N) is 1. The van der Waals surface area contributed by atoms with Gasteiger partial charge in [0.2, 0.25) is 5.88 Å². The van der Waals surface area contributed by atoms with Crippen LogP contribution in [-0.2, 0) is 4.74 Å². The highest BCUT2D eigenvalue weighted by Gasteiger charge is 2.26.